The minimum Gasteiger partial charge on any atom is -0.391 e. The van der Waals surface area contributed by atoms with Crippen LogP contribution in [0, 0.1) is 0 Å². The first-order valence-corrected chi connectivity index (χ1v) is 36.0. The van der Waals surface area contributed by atoms with Crippen LogP contribution in [0.4, 0.5) is 0 Å². The summed E-state index contributed by atoms with van der Waals surface area (Å²) >= 11 is 0. The maximum atomic E-state index is 13.1. The lowest BCUT2D eigenvalue weighted by molar-refractivity contribution is -0.870. The van der Waals surface area contributed by atoms with E-state index in [9.17, 15) is 19.4 Å². The molecule has 0 heterocycles. The van der Waals surface area contributed by atoms with Crippen LogP contribution in [0.15, 0.2) is 48.6 Å². The summed E-state index contributed by atoms with van der Waals surface area (Å²) in [6.45, 7) is 4.83. The molecule has 0 aromatic carbocycles. The standard InChI is InChI=1S/C70H135N2O6P/c1-6-8-10-12-14-16-18-20-22-24-26-28-30-32-34-35-36-38-39-41-43-45-47-49-51-53-55-57-59-61-63-69(73)68(67-78-79(75,76)77-66-65-72(3,4)5)71-70(74)64-62-60-58-56-54-52-50-48-46-44-42-40-37-33-31-29-27-25-23-21-19-17-15-13-11-9-7-2/h9,11,15,17,21,23,27,29,68-69,73H,6-8,10,12-14,16,18-20,22,24-26,28,30-67H2,1-5H3,(H-,71,74,75,76)/p+1/b11-9-,17-15-,23-21-,29-27-. The zero-order valence-electron chi connectivity index (χ0n) is 53.4. The summed E-state index contributed by atoms with van der Waals surface area (Å²) in [6, 6.07) is -0.764. The summed E-state index contributed by atoms with van der Waals surface area (Å²) in [6.07, 6.45) is 82.1. The van der Waals surface area contributed by atoms with Gasteiger partial charge < -0.3 is 19.8 Å². The summed E-state index contributed by atoms with van der Waals surface area (Å²) in [5, 5.41) is 14.2. The Kier molecular flexibility index (Phi) is 59.8. The topological polar surface area (TPSA) is 105 Å². The minimum absolute atomic E-state index is 0.0749. The van der Waals surface area contributed by atoms with Crippen molar-refractivity contribution in [2.24, 2.45) is 0 Å². The first kappa shape index (κ1) is 77.5. The van der Waals surface area contributed by atoms with Gasteiger partial charge in [-0.2, -0.15) is 0 Å². The van der Waals surface area contributed by atoms with Crippen molar-refractivity contribution < 1.29 is 32.9 Å². The SMILES string of the molecule is CC/C=C\C/C=C\C/C=C\C/C=C\CCCCCCCCCCCCCCCCC(=O)NC(COP(=O)(O)OCC[N+](C)(C)C)C(O)CCCCCCCCCCCCCCCCCCCCCCCCCCCCCCCC. The molecule has 3 atom stereocenters. The molecular weight excluding hydrogens is 996 g/mol. The molecule has 3 unspecified atom stereocenters. The Morgan fingerprint density at radius 1 is 0.443 bits per heavy atom. The van der Waals surface area contributed by atoms with Crippen molar-refractivity contribution in [2.45, 2.75) is 353 Å². The molecule has 79 heavy (non-hydrogen) atoms. The number of hydrogen-bond acceptors (Lipinski definition) is 5. The number of carbonyl (C=O) groups excluding carboxylic acids is 1. The number of unbranched alkanes of at least 4 members (excludes halogenated alkanes) is 43. The van der Waals surface area contributed by atoms with Crippen molar-refractivity contribution in [3.05, 3.63) is 48.6 Å². The number of nitrogens with one attached hydrogen (secondary N) is 1. The minimum atomic E-state index is -4.33. The third-order valence-electron chi connectivity index (χ3n) is 15.8. The van der Waals surface area contributed by atoms with Gasteiger partial charge in [-0.15, -0.1) is 0 Å². The Morgan fingerprint density at radius 3 is 1.11 bits per heavy atom. The molecule has 0 radical (unpaired) electrons. The van der Waals surface area contributed by atoms with E-state index < -0.39 is 20.0 Å². The molecule has 0 aromatic rings. The Hall–Kier alpha value is -1.54. The summed E-state index contributed by atoms with van der Waals surface area (Å²) < 4.78 is 23.9. The molecule has 0 rings (SSSR count). The summed E-state index contributed by atoms with van der Waals surface area (Å²) in [5.74, 6) is -0.141. The van der Waals surface area contributed by atoms with Crippen LogP contribution in [0.1, 0.15) is 341 Å². The lowest BCUT2D eigenvalue weighted by Gasteiger charge is -2.26. The van der Waals surface area contributed by atoms with Crippen molar-refractivity contribution in [1.82, 2.24) is 5.32 Å². The van der Waals surface area contributed by atoms with Gasteiger partial charge in [-0.1, -0.05) is 332 Å². The molecule has 466 valence electrons. The van der Waals surface area contributed by atoms with Crippen LogP contribution in [0.5, 0.6) is 0 Å². The number of rotatable bonds is 64. The van der Waals surface area contributed by atoms with Crippen molar-refractivity contribution in [3.8, 4) is 0 Å². The van der Waals surface area contributed by atoms with Crippen LogP contribution in [-0.4, -0.2) is 73.4 Å². The predicted molar refractivity (Wildman–Crippen MR) is 346 cm³/mol. The third kappa shape index (κ3) is 63.9. The Bertz CT molecular complexity index is 1430. The van der Waals surface area contributed by atoms with Gasteiger partial charge in [0.2, 0.25) is 5.91 Å². The number of allylic oxidation sites excluding steroid dienone is 8. The van der Waals surface area contributed by atoms with Gasteiger partial charge in [0.15, 0.2) is 0 Å². The number of phosphoric acid groups is 1. The largest absolute Gasteiger partial charge is 0.472 e. The molecule has 1 amide bonds. The first-order valence-electron chi connectivity index (χ1n) is 34.5. The Balaban J connectivity index is 4.03. The molecule has 0 bridgehead atoms. The van der Waals surface area contributed by atoms with Gasteiger partial charge in [-0.25, -0.2) is 4.57 Å². The van der Waals surface area contributed by atoms with E-state index in [1.165, 1.54) is 250 Å². The van der Waals surface area contributed by atoms with E-state index in [-0.39, 0.29) is 19.1 Å². The molecule has 0 aliphatic rings. The summed E-state index contributed by atoms with van der Waals surface area (Å²) in [7, 11) is 1.63. The van der Waals surface area contributed by atoms with E-state index in [4.69, 9.17) is 9.05 Å². The summed E-state index contributed by atoms with van der Waals surface area (Å²) in [5.41, 5.74) is 0. The number of aliphatic hydroxyl groups excluding tert-OH is 1. The molecule has 0 aliphatic heterocycles. The summed E-state index contributed by atoms with van der Waals surface area (Å²) in [4.78, 5) is 23.5. The zero-order valence-corrected chi connectivity index (χ0v) is 54.3. The molecule has 0 saturated carbocycles. The molecular formula is C70H136N2O6P+. The highest BCUT2D eigenvalue weighted by Gasteiger charge is 2.28. The Morgan fingerprint density at radius 2 is 0.759 bits per heavy atom. The maximum Gasteiger partial charge on any atom is 0.472 e. The molecule has 8 nitrogen and oxygen atoms in total. The van der Waals surface area contributed by atoms with E-state index in [1.807, 2.05) is 21.1 Å². The van der Waals surface area contributed by atoms with E-state index in [0.717, 1.165) is 64.2 Å². The molecule has 0 aromatic heterocycles. The monoisotopic (exact) mass is 1130 g/mol. The number of likely N-dealkylation sites (N-methyl/N-ethyl adjacent to an activating group) is 1. The molecule has 3 N–H and O–H groups in total. The predicted octanol–water partition coefficient (Wildman–Crippen LogP) is 21.8. The van der Waals surface area contributed by atoms with Crippen LogP contribution in [0.25, 0.3) is 0 Å². The van der Waals surface area contributed by atoms with E-state index in [2.05, 4.69) is 67.8 Å². The zero-order chi connectivity index (χ0) is 57.7. The van der Waals surface area contributed by atoms with Gasteiger partial charge in [0.1, 0.15) is 13.2 Å². The quantitative estimate of drug-likeness (QED) is 0.0243. The fourth-order valence-corrected chi connectivity index (χ4v) is 11.2. The van der Waals surface area contributed by atoms with Crippen molar-refractivity contribution in [2.75, 3.05) is 40.9 Å². The van der Waals surface area contributed by atoms with Crippen molar-refractivity contribution in [1.29, 1.82) is 0 Å². The highest BCUT2D eigenvalue weighted by Crippen LogP contribution is 2.43. The fraction of sp³-hybridized carbons (Fsp3) is 0.871. The van der Waals surface area contributed by atoms with Gasteiger partial charge in [-0.05, 0) is 51.4 Å². The van der Waals surface area contributed by atoms with Crippen LogP contribution in [0.2, 0.25) is 0 Å². The van der Waals surface area contributed by atoms with Gasteiger partial charge in [0, 0.05) is 6.42 Å². The number of carbonyl (C=O) groups is 1. The fourth-order valence-electron chi connectivity index (χ4n) is 10.5. The van der Waals surface area contributed by atoms with Crippen molar-refractivity contribution in [3.63, 3.8) is 0 Å². The number of hydrogen-bond donors (Lipinski definition) is 3. The van der Waals surface area contributed by atoms with Crippen molar-refractivity contribution >= 4 is 13.7 Å². The molecule has 0 spiro atoms. The van der Waals surface area contributed by atoms with E-state index in [1.54, 1.807) is 0 Å². The second-order valence-electron chi connectivity index (χ2n) is 24.9. The Labute approximate surface area is 492 Å². The van der Waals surface area contributed by atoms with Gasteiger partial charge in [-0.3, -0.25) is 13.8 Å². The van der Waals surface area contributed by atoms with Gasteiger partial charge in [0.05, 0.1) is 39.9 Å². The van der Waals surface area contributed by atoms with Crippen LogP contribution in [-0.2, 0) is 18.4 Å². The van der Waals surface area contributed by atoms with E-state index >= 15 is 0 Å². The second-order valence-corrected chi connectivity index (χ2v) is 26.3. The lowest BCUT2D eigenvalue weighted by Crippen LogP contribution is -2.46. The number of phosphoric ester groups is 1. The highest BCUT2D eigenvalue weighted by atomic mass is 31.2. The smallest absolute Gasteiger partial charge is 0.391 e. The highest BCUT2D eigenvalue weighted by molar-refractivity contribution is 7.47. The molecule has 9 heteroatoms. The average molecular weight is 1130 g/mol. The van der Waals surface area contributed by atoms with E-state index in [0.29, 0.717) is 23.9 Å². The van der Waals surface area contributed by atoms with Gasteiger partial charge in [0.25, 0.3) is 0 Å². The normalized spacial score (nSPS) is 14.0. The lowest BCUT2D eigenvalue weighted by atomic mass is 10.0. The third-order valence-corrected chi connectivity index (χ3v) is 16.8. The van der Waals surface area contributed by atoms with Gasteiger partial charge >= 0.3 is 7.82 Å². The molecule has 0 aliphatic carbocycles. The maximum absolute atomic E-state index is 13.1. The first-order chi connectivity index (χ1) is 38.5. The average Bonchev–Trinajstić information content (AvgIpc) is 3.42. The van der Waals surface area contributed by atoms with Crippen LogP contribution >= 0.6 is 7.82 Å². The number of nitrogens with zero attached hydrogens (tertiary/aromatic N) is 1. The van der Waals surface area contributed by atoms with Crippen LogP contribution < -0.4 is 5.32 Å². The molecule has 0 fully saturated rings. The number of amides is 1. The number of quaternary nitrogens is 1. The second kappa shape index (κ2) is 61.0. The number of aliphatic hydroxyl groups is 1. The van der Waals surface area contributed by atoms with Crippen LogP contribution in [0.3, 0.4) is 0 Å². The molecule has 0 saturated heterocycles.